The summed E-state index contributed by atoms with van der Waals surface area (Å²) < 4.78 is 58.4. The van der Waals surface area contributed by atoms with Crippen LogP contribution in [-0.2, 0) is 14.8 Å². The van der Waals surface area contributed by atoms with E-state index in [1.54, 1.807) is 0 Å². The van der Waals surface area contributed by atoms with Crippen molar-refractivity contribution in [3.63, 3.8) is 0 Å². The second-order valence-electron chi connectivity index (χ2n) is 4.78. The molecule has 0 unspecified atom stereocenters. The molecule has 1 aliphatic carbocycles. The van der Waals surface area contributed by atoms with E-state index in [1.165, 1.54) is 24.5 Å². The Balaban J connectivity index is 0.000000338. The SMILES string of the molecule is O=C1C2=C(CCCC2)S(=O)(=O)N1c1ccncc1.[O-][Cl+3]([O-])([O-])O. The first-order valence-electron chi connectivity index (χ1n) is 6.47. The van der Waals surface area contributed by atoms with Gasteiger partial charge in [0.2, 0.25) is 0 Å². The molecule has 0 bridgehead atoms. The number of hydrogen-bond acceptors (Lipinski definition) is 8. The van der Waals surface area contributed by atoms with Crippen LogP contribution >= 0.6 is 0 Å². The summed E-state index contributed by atoms with van der Waals surface area (Å²) in [7, 11) is -8.35. The lowest BCUT2D eigenvalue weighted by molar-refractivity contribution is -1.92. The molecule has 1 aromatic rings. The summed E-state index contributed by atoms with van der Waals surface area (Å²) in [4.78, 5) is 16.4. The Hall–Kier alpha value is -1.56. The van der Waals surface area contributed by atoms with Crippen LogP contribution in [0.4, 0.5) is 5.69 Å². The van der Waals surface area contributed by atoms with Crippen molar-refractivity contribution >= 4 is 21.6 Å². The van der Waals surface area contributed by atoms with Gasteiger partial charge in [-0.3, -0.25) is 9.78 Å². The van der Waals surface area contributed by atoms with Crippen molar-refractivity contribution in [2.45, 2.75) is 25.7 Å². The zero-order valence-electron chi connectivity index (χ0n) is 11.7. The van der Waals surface area contributed by atoms with Gasteiger partial charge in [-0.2, -0.15) is 18.3 Å². The van der Waals surface area contributed by atoms with Gasteiger partial charge >= 0.3 is 0 Å². The molecule has 9 nitrogen and oxygen atoms in total. The van der Waals surface area contributed by atoms with Gasteiger partial charge < -0.3 is 0 Å². The predicted molar refractivity (Wildman–Crippen MR) is 68.4 cm³/mol. The van der Waals surface area contributed by atoms with Gasteiger partial charge in [0, 0.05) is 18.0 Å². The van der Waals surface area contributed by atoms with Crippen molar-refractivity contribution in [2.24, 2.45) is 0 Å². The molecule has 0 spiro atoms. The molecule has 0 radical (unpaired) electrons. The minimum absolute atomic E-state index is 0.315. The first-order valence-corrected chi connectivity index (χ1v) is 9.17. The van der Waals surface area contributed by atoms with E-state index in [0.717, 1.165) is 17.1 Å². The van der Waals surface area contributed by atoms with E-state index in [9.17, 15) is 13.2 Å². The Morgan fingerprint density at radius 2 is 1.65 bits per heavy atom. The molecule has 1 aromatic heterocycles. The van der Waals surface area contributed by atoms with Crippen molar-refractivity contribution in [1.82, 2.24) is 4.98 Å². The number of rotatable bonds is 1. The first kappa shape index (κ1) is 17.8. The lowest BCUT2D eigenvalue weighted by Gasteiger charge is -2.15. The normalized spacial score (nSPS) is 20.0. The Labute approximate surface area is 134 Å². The maximum Gasteiger partial charge on any atom is 0.269 e. The number of pyridine rings is 1. The predicted octanol–water partition coefficient (Wildman–Crippen LogP) is -2.54. The third-order valence-corrected chi connectivity index (χ3v) is 5.24. The standard InChI is InChI=1S/C12H12N2O3S.ClHO4/c15-12-10-3-1-2-4-11(10)18(16,17)14(12)9-5-7-13-8-6-9;2-1(3,4)5/h5-8H,1-4H2;(H,2,3,4,5). The molecule has 1 aliphatic heterocycles. The highest BCUT2D eigenvalue weighted by molar-refractivity contribution is 7.98. The molecule has 11 heteroatoms. The fourth-order valence-corrected chi connectivity index (χ4v) is 4.32. The lowest BCUT2D eigenvalue weighted by Crippen LogP contribution is -2.58. The highest BCUT2D eigenvalue weighted by Gasteiger charge is 2.44. The van der Waals surface area contributed by atoms with Crippen LogP contribution < -0.4 is 18.3 Å². The van der Waals surface area contributed by atoms with E-state index in [2.05, 4.69) is 4.98 Å². The molecule has 23 heavy (non-hydrogen) atoms. The fourth-order valence-electron chi connectivity index (χ4n) is 2.47. The molecule has 1 amide bonds. The molecule has 0 saturated heterocycles. The van der Waals surface area contributed by atoms with Crippen LogP contribution in [0.2, 0.25) is 0 Å². The molecule has 2 heterocycles. The third kappa shape index (κ3) is 4.05. The molecule has 0 atom stereocenters. The van der Waals surface area contributed by atoms with E-state index in [1.807, 2.05) is 0 Å². The lowest BCUT2D eigenvalue weighted by atomic mass is 9.99. The topological polar surface area (TPSA) is 157 Å². The number of amides is 1. The molecular weight excluding hydrogens is 352 g/mol. The molecular formula is C12H13ClN2O7S. The first-order chi connectivity index (χ1) is 10.6. The summed E-state index contributed by atoms with van der Waals surface area (Å²) in [6.07, 6.45) is 5.71. The van der Waals surface area contributed by atoms with Crippen LogP contribution in [0, 0.1) is 10.2 Å². The zero-order chi connectivity index (χ0) is 17.3. The van der Waals surface area contributed by atoms with Crippen molar-refractivity contribution in [3.8, 4) is 0 Å². The van der Waals surface area contributed by atoms with Crippen LogP contribution in [0.3, 0.4) is 0 Å². The molecule has 0 aromatic carbocycles. The number of allylic oxidation sites excluding steroid dienone is 1. The zero-order valence-corrected chi connectivity index (χ0v) is 13.3. The highest BCUT2D eigenvalue weighted by atomic mass is 35.7. The number of anilines is 1. The van der Waals surface area contributed by atoms with Gasteiger partial charge in [0.1, 0.15) is 0 Å². The number of hydrogen-bond donors (Lipinski definition) is 1. The Morgan fingerprint density at radius 1 is 1.13 bits per heavy atom. The number of halogens is 1. The van der Waals surface area contributed by atoms with Crippen molar-refractivity contribution in [3.05, 3.63) is 35.0 Å². The van der Waals surface area contributed by atoms with E-state index in [0.29, 0.717) is 29.0 Å². The summed E-state index contributed by atoms with van der Waals surface area (Å²) in [6.45, 7) is 0. The average Bonchev–Trinajstić information content (AvgIpc) is 2.66. The summed E-state index contributed by atoms with van der Waals surface area (Å²) in [5.41, 5.74) is 0.836. The third-order valence-electron chi connectivity index (χ3n) is 3.31. The largest absolute Gasteiger partial charge is 0.269 e. The molecule has 1 N–H and O–H groups in total. The number of carbonyl (C=O) groups excluding carboxylic acids is 1. The van der Waals surface area contributed by atoms with Crippen LogP contribution in [0.25, 0.3) is 0 Å². The van der Waals surface area contributed by atoms with E-state index in [-0.39, 0.29) is 0 Å². The Morgan fingerprint density at radius 3 is 2.17 bits per heavy atom. The smallest absolute Gasteiger partial charge is 0.268 e. The number of carbonyl (C=O) groups is 1. The van der Waals surface area contributed by atoms with Crippen LogP contribution in [0.1, 0.15) is 25.7 Å². The number of aromatic nitrogens is 1. The second-order valence-corrected chi connectivity index (χ2v) is 7.38. The van der Waals surface area contributed by atoms with E-state index < -0.39 is 26.2 Å². The van der Waals surface area contributed by atoms with Gasteiger partial charge in [-0.1, -0.05) is 0 Å². The monoisotopic (exact) mass is 364 g/mol. The van der Waals surface area contributed by atoms with E-state index >= 15 is 0 Å². The second kappa shape index (κ2) is 6.51. The van der Waals surface area contributed by atoms with Gasteiger partial charge in [-0.25, -0.2) is 8.42 Å². The van der Waals surface area contributed by atoms with Crippen LogP contribution in [0.15, 0.2) is 35.0 Å². The minimum Gasteiger partial charge on any atom is -0.268 e. The molecule has 0 saturated carbocycles. The van der Waals surface area contributed by atoms with Gasteiger partial charge in [-0.05, 0) is 37.8 Å². The maximum absolute atomic E-state index is 12.4. The van der Waals surface area contributed by atoms with Crippen molar-refractivity contribution in [1.29, 1.82) is 0 Å². The van der Waals surface area contributed by atoms with Crippen molar-refractivity contribution < 1.29 is 42.1 Å². The minimum atomic E-state index is -4.69. The summed E-state index contributed by atoms with van der Waals surface area (Å²) in [5.74, 6) is -0.393. The van der Waals surface area contributed by atoms with Gasteiger partial charge in [-0.15, -0.1) is 0 Å². The molecule has 0 fully saturated rings. The number of sulfonamides is 1. The number of nitrogens with zero attached hydrogens (tertiary/aromatic N) is 2. The Bertz CT molecular complexity index is 722. The van der Waals surface area contributed by atoms with E-state index in [4.69, 9.17) is 18.6 Å². The van der Waals surface area contributed by atoms with Crippen LogP contribution in [0.5, 0.6) is 0 Å². The Kier molecular flexibility index (Phi) is 5.04. The summed E-state index contributed by atoms with van der Waals surface area (Å²) >= 11 is 0. The average molecular weight is 365 g/mol. The van der Waals surface area contributed by atoms with Gasteiger partial charge in [0.05, 0.1) is 25.5 Å². The summed E-state index contributed by atoms with van der Waals surface area (Å²) in [5, 5.41) is 0. The highest BCUT2D eigenvalue weighted by Crippen LogP contribution is 2.39. The molecule has 2 aliphatic rings. The fraction of sp³-hybridized carbons (Fsp3) is 0.333. The van der Waals surface area contributed by atoms with Crippen LogP contribution in [-0.4, -0.2) is 24.0 Å². The quantitative estimate of drug-likeness (QED) is 0.571. The molecule has 126 valence electrons. The molecule has 3 rings (SSSR count). The maximum atomic E-state index is 12.4. The van der Waals surface area contributed by atoms with Gasteiger partial charge in [0.15, 0.2) is 0 Å². The van der Waals surface area contributed by atoms with Gasteiger partial charge in [0.25, 0.3) is 15.9 Å². The van der Waals surface area contributed by atoms with Crippen molar-refractivity contribution in [2.75, 3.05) is 4.31 Å². The summed E-state index contributed by atoms with van der Waals surface area (Å²) in [6, 6.07) is 3.07.